The second-order valence-corrected chi connectivity index (χ2v) is 5.48. The van der Waals surface area contributed by atoms with Crippen molar-refractivity contribution < 1.29 is 0 Å². The number of hydrogen-bond acceptors (Lipinski definition) is 2. The van der Waals surface area contributed by atoms with Crippen molar-refractivity contribution in [1.82, 2.24) is 10.2 Å². The number of rotatable bonds is 6. The molecule has 1 N–H and O–H groups in total. The van der Waals surface area contributed by atoms with Gasteiger partial charge in [0.05, 0.1) is 0 Å². The van der Waals surface area contributed by atoms with Crippen LogP contribution in [0.25, 0.3) is 6.08 Å². The van der Waals surface area contributed by atoms with Crippen LogP contribution in [0, 0.1) is 0 Å². The Morgan fingerprint density at radius 1 is 1.16 bits per heavy atom. The van der Waals surface area contributed by atoms with Gasteiger partial charge in [-0.3, -0.25) is 0 Å². The van der Waals surface area contributed by atoms with Crippen molar-refractivity contribution >= 4 is 6.08 Å². The molecule has 0 radical (unpaired) electrons. The van der Waals surface area contributed by atoms with Gasteiger partial charge in [0.1, 0.15) is 0 Å². The predicted octanol–water partition coefficient (Wildman–Crippen LogP) is 3.17. The quantitative estimate of drug-likeness (QED) is 0.789. The summed E-state index contributed by atoms with van der Waals surface area (Å²) in [6.07, 6.45) is 6.44. The molecule has 0 amide bonds. The molecule has 1 heterocycles. The number of likely N-dealkylation sites (tertiary alicyclic amines) is 1. The van der Waals surface area contributed by atoms with Gasteiger partial charge in [0.15, 0.2) is 0 Å². The molecule has 1 aromatic rings. The molecule has 1 fully saturated rings. The van der Waals surface area contributed by atoms with Crippen LogP contribution in [0.3, 0.4) is 0 Å². The number of hydrogen-bond donors (Lipinski definition) is 1. The standard InChI is InChI=1S/C17H26N2/c1-16(14-17-8-4-2-5-9-17)15-18-10-13-19-11-6-3-7-12-19/h2,4-5,8-9,14,18H,3,6-7,10-13,15H2,1H3/b16-14-. The van der Waals surface area contributed by atoms with Gasteiger partial charge in [-0.1, -0.05) is 48.4 Å². The Balaban J connectivity index is 1.63. The zero-order valence-corrected chi connectivity index (χ0v) is 12.1. The molecule has 104 valence electrons. The maximum atomic E-state index is 3.54. The van der Waals surface area contributed by atoms with E-state index in [1.165, 1.54) is 50.0 Å². The molecule has 1 aliphatic rings. The first-order chi connectivity index (χ1) is 9.34. The highest BCUT2D eigenvalue weighted by Crippen LogP contribution is 2.07. The van der Waals surface area contributed by atoms with Crippen LogP contribution in [-0.2, 0) is 0 Å². The van der Waals surface area contributed by atoms with Crippen molar-refractivity contribution in [3.63, 3.8) is 0 Å². The Kier molecular flexibility index (Phi) is 6.12. The minimum absolute atomic E-state index is 0.989. The summed E-state index contributed by atoms with van der Waals surface area (Å²) < 4.78 is 0. The Hall–Kier alpha value is -1.12. The van der Waals surface area contributed by atoms with Gasteiger partial charge in [0.25, 0.3) is 0 Å². The smallest absolute Gasteiger partial charge is 0.0165 e. The van der Waals surface area contributed by atoms with Crippen LogP contribution in [0.5, 0.6) is 0 Å². The van der Waals surface area contributed by atoms with Gasteiger partial charge in [0.2, 0.25) is 0 Å². The second-order valence-electron chi connectivity index (χ2n) is 5.48. The third-order valence-corrected chi connectivity index (χ3v) is 3.67. The normalized spacial score (nSPS) is 17.6. The Bertz CT molecular complexity index is 378. The van der Waals surface area contributed by atoms with Crippen LogP contribution in [0.4, 0.5) is 0 Å². The lowest BCUT2D eigenvalue weighted by Crippen LogP contribution is -2.36. The van der Waals surface area contributed by atoms with Crippen molar-refractivity contribution in [1.29, 1.82) is 0 Å². The van der Waals surface area contributed by atoms with Crippen molar-refractivity contribution in [2.75, 3.05) is 32.7 Å². The van der Waals surface area contributed by atoms with Crippen LogP contribution in [0.2, 0.25) is 0 Å². The maximum Gasteiger partial charge on any atom is 0.0165 e. The molecule has 2 rings (SSSR count). The molecule has 1 aromatic carbocycles. The predicted molar refractivity (Wildman–Crippen MR) is 83.3 cm³/mol. The fourth-order valence-corrected chi connectivity index (χ4v) is 2.59. The second kappa shape index (κ2) is 8.13. The van der Waals surface area contributed by atoms with Gasteiger partial charge in [-0.05, 0) is 38.4 Å². The van der Waals surface area contributed by atoms with E-state index in [9.17, 15) is 0 Å². The third-order valence-electron chi connectivity index (χ3n) is 3.67. The lowest BCUT2D eigenvalue weighted by atomic mass is 10.1. The summed E-state index contributed by atoms with van der Waals surface area (Å²) >= 11 is 0. The highest BCUT2D eigenvalue weighted by molar-refractivity contribution is 5.52. The largest absolute Gasteiger partial charge is 0.312 e. The minimum Gasteiger partial charge on any atom is -0.312 e. The molecule has 2 heteroatoms. The fourth-order valence-electron chi connectivity index (χ4n) is 2.59. The zero-order chi connectivity index (χ0) is 13.3. The van der Waals surface area contributed by atoms with Crippen molar-refractivity contribution in [3.8, 4) is 0 Å². The summed E-state index contributed by atoms with van der Waals surface area (Å²) in [5.41, 5.74) is 2.68. The van der Waals surface area contributed by atoms with Gasteiger partial charge < -0.3 is 10.2 Å². The van der Waals surface area contributed by atoms with E-state index >= 15 is 0 Å². The zero-order valence-electron chi connectivity index (χ0n) is 12.1. The van der Waals surface area contributed by atoms with Crippen LogP contribution in [0.15, 0.2) is 35.9 Å². The monoisotopic (exact) mass is 258 g/mol. The molecule has 0 saturated carbocycles. The van der Waals surface area contributed by atoms with E-state index in [1.807, 2.05) is 0 Å². The average Bonchev–Trinajstić information content (AvgIpc) is 2.46. The number of nitrogens with zero attached hydrogens (tertiary/aromatic N) is 1. The van der Waals surface area contributed by atoms with Crippen LogP contribution in [-0.4, -0.2) is 37.6 Å². The molecule has 2 nitrogen and oxygen atoms in total. The van der Waals surface area contributed by atoms with E-state index in [4.69, 9.17) is 0 Å². The molecule has 0 aromatic heterocycles. The summed E-state index contributed by atoms with van der Waals surface area (Å²) in [5.74, 6) is 0. The first-order valence-corrected chi connectivity index (χ1v) is 7.50. The summed E-state index contributed by atoms with van der Waals surface area (Å²) in [6, 6.07) is 10.5. The highest BCUT2D eigenvalue weighted by Gasteiger charge is 2.08. The Morgan fingerprint density at radius 3 is 2.63 bits per heavy atom. The SMILES string of the molecule is C/C(=C/c1ccccc1)CNCCN1CCCCC1. The van der Waals surface area contributed by atoms with E-state index < -0.39 is 0 Å². The number of benzene rings is 1. The lowest BCUT2D eigenvalue weighted by molar-refractivity contribution is 0.230. The van der Waals surface area contributed by atoms with E-state index in [-0.39, 0.29) is 0 Å². The van der Waals surface area contributed by atoms with Crippen LogP contribution < -0.4 is 5.32 Å². The fraction of sp³-hybridized carbons (Fsp3) is 0.529. The van der Waals surface area contributed by atoms with Crippen molar-refractivity contribution in [2.24, 2.45) is 0 Å². The van der Waals surface area contributed by atoms with Gasteiger partial charge in [-0.2, -0.15) is 0 Å². The molecule has 19 heavy (non-hydrogen) atoms. The maximum absolute atomic E-state index is 3.54. The number of piperidine rings is 1. The van der Waals surface area contributed by atoms with Crippen molar-refractivity contribution in [3.05, 3.63) is 41.5 Å². The average molecular weight is 258 g/mol. The van der Waals surface area contributed by atoms with E-state index in [0.29, 0.717) is 0 Å². The highest BCUT2D eigenvalue weighted by atomic mass is 15.1. The molecule has 1 saturated heterocycles. The molecule has 0 spiro atoms. The van der Waals surface area contributed by atoms with E-state index in [0.717, 1.165) is 13.1 Å². The van der Waals surface area contributed by atoms with Crippen LogP contribution >= 0.6 is 0 Å². The summed E-state index contributed by atoms with van der Waals surface area (Å²) in [7, 11) is 0. The molecule has 1 aliphatic heterocycles. The van der Waals surface area contributed by atoms with Gasteiger partial charge in [-0.15, -0.1) is 0 Å². The third kappa shape index (κ3) is 5.58. The Morgan fingerprint density at radius 2 is 1.89 bits per heavy atom. The number of nitrogens with one attached hydrogen (secondary N) is 1. The Labute approximate surface area is 117 Å². The van der Waals surface area contributed by atoms with Crippen LogP contribution in [0.1, 0.15) is 31.7 Å². The molecule has 0 unspecified atom stereocenters. The minimum atomic E-state index is 0.989. The van der Waals surface area contributed by atoms with Gasteiger partial charge in [0, 0.05) is 19.6 Å². The topological polar surface area (TPSA) is 15.3 Å². The first kappa shape index (κ1) is 14.3. The summed E-state index contributed by atoms with van der Waals surface area (Å²) in [4.78, 5) is 2.58. The van der Waals surface area contributed by atoms with Gasteiger partial charge >= 0.3 is 0 Å². The molecule has 0 atom stereocenters. The summed E-state index contributed by atoms with van der Waals surface area (Å²) in [5, 5.41) is 3.54. The molecular weight excluding hydrogens is 232 g/mol. The van der Waals surface area contributed by atoms with E-state index in [1.54, 1.807) is 0 Å². The van der Waals surface area contributed by atoms with Gasteiger partial charge in [-0.25, -0.2) is 0 Å². The van der Waals surface area contributed by atoms with Crippen molar-refractivity contribution in [2.45, 2.75) is 26.2 Å². The summed E-state index contributed by atoms with van der Waals surface area (Å²) in [6.45, 7) is 8.06. The molecule has 0 aliphatic carbocycles. The van der Waals surface area contributed by atoms with E-state index in [2.05, 4.69) is 53.5 Å². The molecular formula is C17H26N2. The molecule has 0 bridgehead atoms. The lowest BCUT2D eigenvalue weighted by Gasteiger charge is -2.26. The first-order valence-electron chi connectivity index (χ1n) is 7.50.